The molecule has 0 aliphatic carbocycles. The number of anilines is 3. The highest BCUT2D eigenvalue weighted by Gasteiger charge is 2.31. The molecule has 3 heterocycles. The van der Waals surface area contributed by atoms with E-state index in [0.717, 1.165) is 67.5 Å². The quantitative estimate of drug-likeness (QED) is 0.160. The van der Waals surface area contributed by atoms with Crippen molar-refractivity contribution in [1.82, 2.24) is 9.55 Å². The Bertz CT molecular complexity index is 3370. The molecule has 3 heteroatoms. The number of rotatable bonds is 7. The summed E-state index contributed by atoms with van der Waals surface area (Å²) in [5.74, 6) is 0. The second kappa shape index (κ2) is 15.7. The topological polar surface area (TPSA) is 21.1 Å². The summed E-state index contributed by atoms with van der Waals surface area (Å²) in [7, 11) is 0. The first-order chi connectivity index (χ1) is 31.7. The minimum Gasteiger partial charge on any atom is -0.309 e. The van der Waals surface area contributed by atoms with Gasteiger partial charge >= 0.3 is 0 Å². The molecule has 0 saturated heterocycles. The first-order valence-electron chi connectivity index (χ1n) is 21.9. The van der Waals surface area contributed by atoms with E-state index in [-0.39, 0.29) is 0 Å². The predicted molar refractivity (Wildman–Crippen MR) is 267 cm³/mol. The summed E-state index contributed by atoms with van der Waals surface area (Å²) in [6.45, 7) is 0. The molecule has 3 nitrogen and oxygen atoms in total. The standard InChI is InChI=1S/C61H41N3/c1-5-20-42(21-6-1)47-36-48(43-22-7-2-8-23-43)39-51(38-47)64-58-34-17-14-31-53(58)60-52-30-13-16-33-57(52)63(59-35-18-15-32-54(59)61(60)64)50-29-19-28-46(37-50)49-40-55(44-24-9-3-10-25-44)62-56(41-49)45-26-11-4-12-27-45/h1-41H. The van der Waals surface area contributed by atoms with Gasteiger partial charge in [0.15, 0.2) is 0 Å². The Kier molecular flexibility index (Phi) is 9.16. The number of hydrogen-bond acceptors (Lipinski definition) is 2. The lowest BCUT2D eigenvalue weighted by Crippen LogP contribution is -2.11. The van der Waals surface area contributed by atoms with Crippen LogP contribution >= 0.6 is 0 Å². The number of pyridine rings is 1. The van der Waals surface area contributed by atoms with E-state index >= 15 is 0 Å². The number of benzene rings is 9. The van der Waals surface area contributed by atoms with Crippen LogP contribution < -0.4 is 4.90 Å². The summed E-state index contributed by atoms with van der Waals surface area (Å²) in [5, 5.41) is 1.21. The molecule has 300 valence electrons. The van der Waals surface area contributed by atoms with Crippen LogP contribution in [0.4, 0.5) is 17.1 Å². The second-order valence-corrected chi connectivity index (χ2v) is 16.4. The Hall–Kier alpha value is -8.53. The summed E-state index contributed by atoms with van der Waals surface area (Å²) >= 11 is 0. The van der Waals surface area contributed by atoms with Gasteiger partial charge in [-0.15, -0.1) is 0 Å². The average molecular weight is 816 g/mol. The van der Waals surface area contributed by atoms with Crippen LogP contribution in [0, 0.1) is 0 Å². The lowest BCUT2D eigenvalue weighted by molar-refractivity contribution is 1.14. The van der Waals surface area contributed by atoms with Crippen LogP contribution in [-0.2, 0) is 0 Å². The van der Waals surface area contributed by atoms with Crippen molar-refractivity contribution in [1.29, 1.82) is 0 Å². The van der Waals surface area contributed by atoms with Gasteiger partial charge in [-0.25, -0.2) is 4.98 Å². The number of fused-ring (bicyclic) bond motifs is 7. The van der Waals surface area contributed by atoms with Crippen LogP contribution in [0.25, 0.3) is 94.9 Å². The largest absolute Gasteiger partial charge is 0.309 e. The Labute approximate surface area is 373 Å². The van der Waals surface area contributed by atoms with E-state index in [2.05, 4.69) is 258 Å². The lowest BCUT2D eigenvalue weighted by atomic mass is 9.97. The van der Waals surface area contributed by atoms with Gasteiger partial charge in [0.2, 0.25) is 0 Å². The van der Waals surface area contributed by atoms with E-state index in [1.165, 1.54) is 44.5 Å². The molecule has 0 amide bonds. The summed E-state index contributed by atoms with van der Waals surface area (Å²) in [6.07, 6.45) is 0. The minimum atomic E-state index is 0.943. The molecule has 11 aromatic rings. The molecule has 0 radical (unpaired) electrons. The third-order valence-corrected chi connectivity index (χ3v) is 12.5. The van der Waals surface area contributed by atoms with Gasteiger partial charge in [-0.3, -0.25) is 0 Å². The number of nitrogens with zero attached hydrogens (tertiary/aromatic N) is 3. The van der Waals surface area contributed by atoms with E-state index in [1.54, 1.807) is 0 Å². The fourth-order valence-corrected chi connectivity index (χ4v) is 9.56. The van der Waals surface area contributed by atoms with Crippen molar-refractivity contribution in [2.24, 2.45) is 0 Å². The van der Waals surface area contributed by atoms with Crippen LogP contribution in [0.15, 0.2) is 249 Å². The zero-order chi connectivity index (χ0) is 42.4. The van der Waals surface area contributed by atoms with E-state index in [4.69, 9.17) is 4.98 Å². The maximum Gasteiger partial charge on any atom is 0.0715 e. The molecule has 1 aliphatic heterocycles. The van der Waals surface area contributed by atoms with Crippen molar-refractivity contribution >= 4 is 28.0 Å². The average Bonchev–Trinajstić information content (AvgIpc) is 3.66. The zero-order valence-corrected chi connectivity index (χ0v) is 35.0. The van der Waals surface area contributed by atoms with Gasteiger partial charge in [0.1, 0.15) is 0 Å². The molecule has 0 bridgehead atoms. The van der Waals surface area contributed by atoms with Crippen LogP contribution in [-0.4, -0.2) is 9.55 Å². The lowest BCUT2D eigenvalue weighted by Gasteiger charge is -2.28. The molecule has 0 fully saturated rings. The highest BCUT2D eigenvalue weighted by atomic mass is 15.2. The van der Waals surface area contributed by atoms with Crippen molar-refractivity contribution in [2.45, 2.75) is 0 Å². The number of hydrogen-bond donors (Lipinski definition) is 0. The van der Waals surface area contributed by atoms with Crippen LogP contribution in [0.3, 0.4) is 0 Å². The van der Waals surface area contributed by atoms with E-state index < -0.39 is 0 Å². The normalized spacial score (nSPS) is 11.7. The first-order valence-corrected chi connectivity index (χ1v) is 21.9. The monoisotopic (exact) mass is 815 g/mol. The molecule has 2 aromatic heterocycles. The van der Waals surface area contributed by atoms with Crippen molar-refractivity contribution in [3.63, 3.8) is 0 Å². The highest BCUT2D eigenvalue weighted by molar-refractivity contribution is 6.13. The predicted octanol–water partition coefficient (Wildman–Crippen LogP) is 16.5. The molecule has 0 atom stereocenters. The molecule has 0 saturated carbocycles. The van der Waals surface area contributed by atoms with Crippen LogP contribution in [0.5, 0.6) is 0 Å². The molecular formula is C61H41N3. The van der Waals surface area contributed by atoms with E-state index in [1.807, 2.05) is 0 Å². The summed E-state index contributed by atoms with van der Waals surface area (Å²) < 4.78 is 2.51. The van der Waals surface area contributed by atoms with Gasteiger partial charge in [0.05, 0.1) is 34.0 Å². The van der Waals surface area contributed by atoms with Crippen LogP contribution in [0.1, 0.15) is 0 Å². The molecule has 0 N–H and O–H groups in total. The maximum absolute atomic E-state index is 5.19. The molecule has 12 rings (SSSR count). The SMILES string of the molecule is c1ccc(-c2cc(-c3ccccc3)cc(-n3c4c(c5ccccc53)-c3ccccc3N(c3cccc(-c5cc(-c6ccccc6)nc(-c6ccccc6)c5)c3)c3ccccc3-4)c2)cc1. The summed E-state index contributed by atoms with van der Waals surface area (Å²) in [4.78, 5) is 7.65. The van der Waals surface area contributed by atoms with Gasteiger partial charge in [0, 0.05) is 44.6 Å². The third-order valence-electron chi connectivity index (χ3n) is 12.5. The Balaban J connectivity index is 1.09. The third kappa shape index (κ3) is 6.50. The van der Waals surface area contributed by atoms with Gasteiger partial charge < -0.3 is 9.47 Å². The van der Waals surface area contributed by atoms with Crippen molar-refractivity contribution in [2.75, 3.05) is 4.90 Å². The van der Waals surface area contributed by atoms with Crippen molar-refractivity contribution in [3.05, 3.63) is 249 Å². The summed E-state index contributed by atoms with van der Waals surface area (Å²) in [5.41, 5.74) is 21.3. The Morgan fingerprint density at radius 1 is 0.297 bits per heavy atom. The molecule has 1 aliphatic rings. The van der Waals surface area contributed by atoms with Gasteiger partial charge in [-0.2, -0.15) is 0 Å². The van der Waals surface area contributed by atoms with Crippen molar-refractivity contribution in [3.8, 4) is 84.0 Å². The van der Waals surface area contributed by atoms with E-state index in [9.17, 15) is 0 Å². The fourth-order valence-electron chi connectivity index (χ4n) is 9.56. The van der Waals surface area contributed by atoms with Gasteiger partial charge in [-0.1, -0.05) is 188 Å². The van der Waals surface area contributed by atoms with Crippen molar-refractivity contribution < 1.29 is 0 Å². The fraction of sp³-hybridized carbons (Fsp3) is 0. The Morgan fingerprint density at radius 2 is 0.750 bits per heavy atom. The van der Waals surface area contributed by atoms with Crippen LogP contribution in [0.2, 0.25) is 0 Å². The zero-order valence-electron chi connectivity index (χ0n) is 35.0. The molecule has 0 spiro atoms. The molecule has 64 heavy (non-hydrogen) atoms. The Morgan fingerprint density at radius 3 is 1.36 bits per heavy atom. The second-order valence-electron chi connectivity index (χ2n) is 16.4. The molecule has 9 aromatic carbocycles. The highest BCUT2D eigenvalue weighted by Crippen LogP contribution is 2.55. The first kappa shape index (κ1) is 37.2. The maximum atomic E-state index is 5.19. The number of aromatic nitrogens is 2. The molecule has 0 unspecified atom stereocenters. The van der Waals surface area contributed by atoms with Gasteiger partial charge in [0.25, 0.3) is 0 Å². The smallest absolute Gasteiger partial charge is 0.0715 e. The minimum absolute atomic E-state index is 0.943. The summed E-state index contributed by atoms with van der Waals surface area (Å²) in [6, 6.07) is 89.7. The number of para-hydroxylation sites is 3. The van der Waals surface area contributed by atoms with Gasteiger partial charge in [-0.05, 0) is 94.0 Å². The van der Waals surface area contributed by atoms with E-state index in [0.29, 0.717) is 0 Å². The molecular weight excluding hydrogens is 775 g/mol.